The van der Waals surface area contributed by atoms with Gasteiger partial charge in [0.2, 0.25) is 0 Å². The number of carbonyl (C=O) groups excluding carboxylic acids is 1. The van der Waals surface area contributed by atoms with Gasteiger partial charge in [0.1, 0.15) is 11.5 Å². The van der Waals surface area contributed by atoms with Crippen LogP contribution in [0.25, 0.3) is 0 Å². The molecular weight excluding hydrogens is 381 g/mol. The second kappa shape index (κ2) is 6.80. The van der Waals surface area contributed by atoms with E-state index in [9.17, 15) is 4.79 Å². The number of nitrogens with one attached hydrogen (secondary N) is 1. The minimum absolute atomic E-state index is 0.164. The van der Waals surface area contributed by atoms with Crippen LogP contribution in [-0.2, 0) is 0 Å². The number of anilines is 1. The van der Waals surface area contributed by atoms with Gasteiger partial charge in [-0.25, -0.2) is 0 Å². The van der Waals surface area contributed by atoms with Crippen LogP contribution in [-0.4, -0.2) is 20.1 Å². The molecule has 0 bridgehead atoms. The highest BCUT2D eigenvalue weighted by Crippen LogP contribution is 2.29. The van der Waals surface area contributed by atoms with Crippen LogP contribution in [0.4, 0.5) is 5.69 Å². The van der Waals surface area contributed by atoms with Crippen molar-refractivity contribution in [3.63, 3.8) is 0 Å². The van der Waals surface area contributed by atoms with Gasteiger partial charge in [0, 0.05) is 9.64 Å². The number of rotatable bonds is 4. The predicted octanol–water partition coefficient (Wildman–Crippen LogP) is 3.87. The summed E-state index contributed by atoms with van der Waals surface area (Å²) in [6, 6.07) is 11.0. The third-order valence-corrected chi connectivity index (χ3v) is 3.92. The summed E-state index contributed by atoms with van der Waals surface area (Å²) in [5, 5.41) is 2.87. The molecule has 0 aromatic heterocycles. The van der Waals surface area contributed by atoms with Gasteiger partial charge in [-0.1, -0.05) is 11.6 Å². The van der Waals surface area contributed by atoms with E-state index in [1.54, 1.807) is 32.4 Å². The SMILES string of the molecule is COc1ccc(NC(=O)c2ccc(C)cc2I)c(OC)c1. The Hall–Kier alpha value is -1.76. The summed E-state index contributed by atoms with van der Waals surface area (Å²) in [4.78, 5) is 12.4. The van der Waals surface area contributed by atoms with Gasteiger partial charge in [-0.3, -0.25) is 4.79 Å². The lowest BCUT2D eigenvalue weighted by molar-refractivity contribution is 0.102. The van der Waals surface area contributed by atoms with Gasteiger partial charge in [0.05, 0.1) is 25.5 Å². The van der Waals surface area contributed by atoms with E-state index in [1.165, 1.54) is 0 Å². The van der Waals surface area contributed by atoms with Crippen molar-refractivity contribution < 1.29 is 14.3 Å². The molecule has 0 spiro atoms. The summed E-state index contributed by atoms with van der Waals surface area (Å²) >= 11 is 2.16. The average Bonchev–Trinajstić information content (AvgIpc) is 2.47. The number of hydrogen-bond donors (Lipinski definition) is 1. The third kappa shape index (κ3) is 3.66. The van der Waals surface area contributed by atoms with Crippen LogP contribution in [0.3, 0.4) is 0 Å². The smallest absolute Gasteiger partial charge is 0.256 e. The van der Waals surface area contributed by atoms with Gasteiger partial charge >= 0.3 is 0 Å². The van der Waals surface area contributed by atoms with Crippen LogP contribution < -0.4 is 14.8 Å². The Balaban J connectivity index is 2.27. The number of methoxy groups -OCH3 is 2. The second-order valence-electron chi connectivity index (χ2n) is 4.50. The summed E-state index contributed by atoms with van der Waals surface area (Å²) in [6.45, 7) is 2.00. The fourth-order valence-corrected chi connectivity index (χ4v) is 2.81. The summed E-state index contributed by atoms with van der Waals surface area (Å²) in [7, 11) is 3.14. The summed E-state index contributed by atoms with van der Waals surface area (Å²) in [5.74, 6) is 1.07. The number of hydrogen-bond acceptors (Lipinski definition) is 3. The summed E-state index contributed by atoms with van der Waals surface area (Å²) < 4.78 is 11.3. The van der Waals surface area contributed by atoms with E-state index in [0.717, 1.165) is 9.13 Å². The summed E-state index contributed by atoms with van der Waals surface area (Å²) in [5.41, 5.74) is 2.37. The molecule has 0 fully saturated rings. The Morgan fingerprint density at radius 1 is 1.10 bits per heavy atom. The van der Waals surface area contributed by atoms with Gasteiger partial charge in [-0.2, -0.15) is 0 Å². The van der Waals surface area contributed by atoms with Gasteiger partial charge < -0.3 is 14.8 Å². The van der Waals surface area contributed by atoms with Gasteiger partial charge in [0.25, 0.3) is 5.91 Å². The molecule has 0 saturated heterocycles. The Morgan fingerprint density at radius 2 is 1.86 bits per heavy atom. The van der Waals surface area contributed by atoms with Crippen LogP contribution in [0.15, 0.2) is 36.4 Å². The van der Waals surface area contributed by atoms with Crippen molar-refractivity contribution in [3.05, 3.63) is 51.1 Å². The number of benzene rings is 2. The topological polar surface area (TPSA) is 47.6 Å². The molecule has 2 aromatic rings. The van der Waals surface area contributed by atoms with Crippen molar-refractivity contribution in [1.82, 2.24) is 0 Å². The molecular formula is C16H16INO3. The van der Waals surface area contributed by atoms with Crippen LogP contribution in [0, 0.1) is 10.5 Å². The highest BCUT2D eigenvalue weighted by Gasteiger charge is 2.13. The molecule has 2 aromatic carbocycles. The fourth-order valence-electron chi connectivity index (χ4n) is 1.90. The maximum atomic E-state index is 12.4. The molecule has 1 N–H and O–H groups in total. The largest absolute Gasteiger partial charge is 0.497 e. The molecule has 1 amide bonds. The highest BCUT2D eigenvalue weighted by atomic mass is 127. The Morgan fingerprint density at radius 3 is 2.48 bits per heavy atom. The van der Waals surface area contributed by atoms with Crippen LogP contribution >= 0.6 is 22.6 Å². The molecule has 110 valence electrons. The third-order valence-electron chi connectivity index (χ3n) is 3.03. The van der Waals surface area contributed by atoms with Gasteiger partial charge in [0.15, 0.2) is 0 Å². The molecule has 2 rings (SSSR count). The quantitative estimate of drug-likeness (QED) is 0.797. The molecule has 5 heteroatoms. The normalized spacial score (nSPS) is 10.1. The van der Waals surface area contributed by atoms with Crippen molar-refractivity contribution in [2.24, 2.45) is 0 Å². The number of carbonyl (C=O) groups is 1. The monoisotopic (exact) mass is 397 g/mol. The first kappa shape index (κ1) is 15.6. The lowest BCUT2D eigenvalue weighted by atomic mass is 10.1. The van der Waals surface area contributed by atoms with Crippen LogP contribution in [0.1, 0.15) is 15.9 Å². The van der Waals surface area contributed by atoms with Crippen LogP contribution in [0.2, 0.25) is 0 Å². The zero-order valence-corrected chi connectivity index (χ0v) is 14.2. The molecule has 0 saturated carbocycles. The van der Waals surface area contributed by atoms with Crippen molar-refractivity contribution in [2.45, 2.75) is 6.92 Å². The second-order valence-corrected chi connectivity index (χ2v) is 5.67. The maximum Gasteiger partial charge on any atom is 0.256 e. The molecule has 0 aliphatic carbocycles. The first-order chi connectivity index (χ1) is 10.0. The molecule has 0 aliphatic rings. The Kier molecular flexibility index (Phi) is 5.06. The lowest BCUT2D eigenvalue weighted by Gasteiger charge is -2.12. The van der Waals surface area contributed by atoms with E-state index < -0.39 is 0 Å². The average molecular weight is 397 g/mol. The first-order valence-electron chi connectivity index (χ1n) is 6.34. The van der Waals surface area contributed by atoms with Crippen molar-refractivity contribution >= 4 is 34.2 Å². The highest BCUT2D eigenvalue weighted by molar-refractivity contribution is 14.1. The number of amides is 1. The van der Waals surface area contributed by atoms with E-state index in [1.807, 2.05) is 25.1 Å². The summed E-state index contributed by atoms with van der Waals surface area (Å²) in [6.07, 6.45) is 0. The van der Waals surface area contributed by atoms with Crippen molar-refractivity contribution in [3.8, 4) is 11.5 Å². The number of aryl methyl sites for hydroxylation is 1. The zero-order chi connectivity index (χ0) is 15.4. The molecule has 0 unspecified atom stereocenters. The molecule has 0 aliphatic heterocycles. The van der Waals surface area contributed by atoms with Crippen LogP contribution in [0.5, 0.6) is 11.5 Å². The van der Waals surface area contributed by atoms with Crippen molar-refractivity contribution in [2.75, 3.05) is 19.5 Å². The molecule has 0 radical (unpaired) electrons. The molecule has 0 atom stereocenters. The van der Waals surface area contributed by atoms with E-state index in [2.05, 4.69) is 27.9 Å². The molecule has 4 nitrogen and oxygen atoms in total. The molecule has 0 heterocycles. The minimum atomic E-state index is -0.164. The van der Waals surface area contributed by atoms with Crippen molar-refractivity contribution in [1.29, 1.82) is 0 Å². The lowest BCUT2D eigenvalue weighted by Crippen LogP contribution is -2.14. The van der Waals surface area contributed by atoms with Gasteiger partial charge in [-0.15, -0.1) is 0 Å². The maximum absolute atomic E-state index is 12.4. The van der Waals surface area contributed by atoms with Gasteiger partial charge in [-0.05, 0) is 53.8 Å². The van der Waals surface area contributed by atoms with E-state index in [-0.39, 0.29) is 5.91 Å². The van der Waals surface area contributed by atoms with E-state index in [0.29, 0.717) is 22.7 Å². The fraction of sp³-hybridized carbons (Fsp3) is 0.188. The Bertz CT molecular complexity index is 671. The zero-order valence-electron chi connectivity index (χ0n) is 12.1. The molecule has 21 heavy (non-hydrogen) atoms. The van der Waals surface area contributed by atoms with E-state index >= 15 is 0 Å². The minimum Gasteiger partial charge on any atom is -0.497 e. The predicted molar refractivity (Wildman–Crippen MR) is 91.4 cm³/mol. The van der Waals surface area contributed by atoms with E-state index in [4.69, 9.17) is 9.47 Å². The first-order valence-corrected chi connectivity index (χ1v) is 7.42. The standard InChI is InChI=1S/C16H16INO3/c1-10-4-6-12(13(17)8-10)16(19)18-14-7-5-11(20-2)9-15(14)21-3/h4-9H,1-3H3,(H,18,19). The number of halogens is 1. The number of ether oxygens (including phenoxy) is 2. The Labute approximate surface area is 137 Å².